The Hall–Kier alpha value is -2.14. The zero-order chi connectivity index (χ0) is 15.0. The lowest BCUT2D eigenvalue weighted by molar-refractivity contribution is 0.0697. The molecular formula is C16H16N2O2S. The van der Waals surface area contributed by atoms with Gasteiger partial charge in [-0.2, -0.15) is 11.3 Å². The highest BCUT2D eigenvalue weighted by atomic mass is 32.1. The molecule has 0 atom stereocenters. The Bertz CT molecular complexity index is 788. The van der Waals surface area contributed by atoms with Crippen LogP contribution in [0.1, 0.15) is 41.5 Å². The molecule has 1 aromatic carbocycles. The van der Waals surface area contributed by atoms with Crippen LogP contribution in [0.4, 0.5) is 0 Å². The maximum Gasteiger partial charge on any atom is 0.335 e. The average Bonchev–Trinajstić information content (AvgIpc) is 3.06. The highest BCUT2D eigenvalue weighted by Crippen LogP contribution is 2.24. The fourth-order valence-electron chi connectivity index (χ4n) is 2.45. The Labute approximate surface area is 126 Å². The van der Waals surface area contributed by atoms with Crippen molar-refractivity contribution in [2.24, 2.45) is 0 Å². The Balaban J connectivity index is 2.18. The van der Waals surface area contributed by atoms with E-state index < -0.39 is 5.97 Å². The summed E-state index contributed by atoms with van der Waals surface area (Å²) in [5.41, 5.74) is 3.23. The molecule has 0 aliphatic carbocycles. The number of nitrogens with zero attached hydrogens (tertiary/aromatic N) is 2. The molecule has 0 unspecified atom stereocenters. The molecule has 5 heteroatoms. The van der Waals surface area contributed by atoms with Gasteiger partial charge < -0.3 is 9.67 Å². The van der Waals surface area contributed by atoms with E-state index in [2.05, 4.69) is 34.8 Å². The maximum absolute atomic E-state index is 11.2. The summed E-state index contributed by atoms with van der Waals surface area (Å²) in [6.07, 6.45) is 0. The molecule has 1 N–H and O–H groups in total. The summed E-state index contributed by atoms with van der Waals surface area (Å²) < 4.78 is 2.12. The van der Waals surface area contributed by atoms with Gasteiger partial charge in [0.15, 0.2) is 0 Å². The molecule has 3 aromatic rings. The van der Waals surface area contributed by atoms with Gasteiger partial charge in [0.25, 0.3) is 0 Å². The first-order valence-electron chi connectivity index (χ1n) is 6.81. The van der Waals surface area contributed by atoms with Gasteiger partial charge in [-0.1, -0.05) is 13.8 Å². The van der Waals surface area contributed by atoms with E-state index in [0.717, 1.165) is 23.4 Å². The standard InChI is InChI=1S/C16H16N2O2S/c1-10(2)15-17-13-4-3-12(16(19)20)7-14(13)18(15)8-11-5-6-21-9-11/h3-7,9-10H,8H2,1-2H3,(H,19,20). The van der Waals surface area contributed by atoms with E-state index >= 15 is 0 Å². The molecule has 21 heavy (non-hydrogen) atoms. The average molecular weight is 300 g/mol. The number of aromatic carboxylic acids is 1. The number of imidazole rings is 1. The van der Waals surface area contributed by atoms with Crippen LogP contribution in [0.2, 0.25) is 0 Å². The van der Waals surface area contributed by atoms with Crippen molar-refractivity contribution in [2.45, 2.75) is 26.3 Å². The largest absolute Gasteiger partial charge is 0.478 e. The fraction of sp³-hybridized carbons (Fsp3) is 0.250. The number of carboxylic acids is 1. The molecule has 0 fully saturated rings. The highest BCUT2D eigenvalue weighted by molar-refractivity contribution is 7.07. The number of hydrogen-bond acceptors (Lipinski definition) is 3. The van der Waals surface area contributed by atoms with Gasteiger partial charge in [0, 0.05) is 5.92 Å². The number of rotatable bonds is 4. The highest BCUT2D eigenvalue weighted by Gasteiger charge is 2.15. The molecule has 0 radical (unpaired) electrons. The van der Waals surface area contributed by atoms with E-state index in [9.17, 15) is 9.90 Å². The first-order chi connectivity index (χ1) is 10.1. The third-order valence-corrected chi connectivity index (χ3v) is 4.19. The van der Waals surface area contributed by atoms with E-state index in [0.29, 0.717) is 5.56 Å². The molecular weight excluding hydrogens is 284 g/mol. The molecule has 0 amide bonds. The van der Waals surface area contributed by atoms with Gasteiger partial charge in [0.2, 0.25) is 0 Å². The van der Waals surface area contributed by atoms with Crippen molar-refractivity contribution in [3.63, 3.8) is 0 Å². The molecule has 0 aliphatic rings. The number of carbonyl (C=O) groups is 1. The fourth-order valence-corrected chi connectivity index (χ4v) is 3.11. The van der Waals surface area contributed by atoms with E-state index in [1.807, 2.05) is 5.38 Å². The van der Waals surface area contributed by atoms with Gasteiger partial charge in [-0.05, 0) is 40.6 Å². The summed E-state index contributed by atoms with van der Waals surface area (Å²) in [6, 6.07) is 7.19. The van der Waals surface area contributed by atoms with Crippen LogP contribution in [-0.2, 0) is 6.54 Å². The molecule has 4 nitrogen and oxygen atoms in total. The molecule has 0 spiro atoms. The van der Waals surface area contributed by atoms with Crippen molar-refractivity contribution in [1.82, 2.24) is 9.55 Å². The minimum Gasteiger partial charge on any atom is -0.478 e. The van der Waals surface area contributed by atoms with E-state index in [-0.39, 0.29) is 5.92 Å². The second-order valence-electron chi connectivity index (χ2n) is 5.35. The quantitative estimate of drug-likeness (QED) is 0.793. The number of thiophene rings is 1. The predicted molar refractivity (Wildman–Crippen MR) is 84.2 cm³/mol. The van der Waals surface area contributed by atoms with Crippen molar-refractivity contribution in [1.29, 1.82) is 0 Å². The third-order valence-electron chi connectivity index (χ3n) is 3.46. The van der Waals surface area contributed by atoms with Crippen molar-refractivity contribution < 1.29 is 9.90 Å². The number of benzene rings is 1. The molecule has 0 aliphatic heterocycles. The van der Waals surface area contributed by atoms with Crippen LogP contribution >= 0.6 is 11.3 Å². The summed E-state index contributed by atoms with van der Waals surface area (Å²) in [5.74, 6) is 0.356. The van der Waals surface area contributed by atoms with Gasteiger partial charge in [0.1, 0.15) is 5.82 Å². The van der Waals surface area contributed by atoms with E-state index in [4.69, 9.17) is 0 Å². The van der Waals surface area contributed by atoms with Crippen molar-refractivity contribution in [2.75, 3.05) is 0 Å². The first-order valence-corrected chi connectivity index (χ1v) is 7.75. The Morgan fingerprint density at radius 2 is 2.19 bits per heavy atom. The topological polar surface area (TPSA) is 55.1 Å². The zero-order valence-corrected chi connectivity index (χ0v) is 12.7. The van der Waals surface area contributed by atoms with Crippen LogP contribution in [0.3, 0.4) is 0 Å². The molecule has 2 aromatic heterocycles. The van der Waals surface area contributed by atoms with Crippen molar-refractivity contribution >= 4 is 28.3 Å². The van der Waals surface area contributed by atoms with Crippen LogP contribution in [0, 0.1) is 0 Å². The second-order valence-corrected chi connectivity index (χ2v) is 6.13. The molecule has 0 bridgehead atoms. The SMILES string of the molecule is CC(C)c1nc2ccc(C(=O)O)cc2n1Cc1ccsc1. The summed E-state index contributed by atoms with van der Waals surface area (Å²) in [7, 11) is 0. The monoisotopic (exact) mass is 300 g/mol. The Kier molecular flexibility index (Phi) is 3.51. The van der Waals surface area contributed by atoms with Crippen LogP contribution in [0.15, 0.2) is 35.0 Å². The molecule has 0 saturated carbocycles. The minimum atomic E-state index is -0.911. The van der Waals surface area contributed by atoms with E-state index in [1.54, 1.807) is 29.5 Å². The zero-order valence-electron chi connectivity index (χ0n) is 11.9. The molecule has 0 saturated heterocycles. The summed E-state index contributed by atoms with van der Waals surface area (Å²) >= 11 is 1.66. The summed E-state index contributed by atoms with van der Waals surface area (Å²) in [5, 5.41) is 13.3. The number of hydrogen-bond donors (Lipinski definition) is 1. The van der Waals surface area contributed by atoms with Gasteiger partial charge in [-0.25, -0.2) is 9.78 Å². The van der Waals surface area contributed by atoms with Gasteiger partial charge >= 0.3 is 5.97 Å². The second kappa shape index (κ2) is 5.33. The maximum atomic E-state index is 11.2. The number of carboxylic acid groups (broad SMARTS) is 1. The Morgan fingerprint density at radius 1 is 1.38 bits per heavy atom. The molecule has 3 rings (SSSR count). The van der Waals surface area contributed by atoms with Crippen LogP contribution in [0.5, 0.6) is 0 Å². The smallest absolute Gasteiger partial charge is 0.335 e. The van der Waals surface area contributed by atoms with E-state index in [1.165, 1.54) is 5.56 Å². The third kappa shape index (κ3) is 2.56. The lowest BCUT2D eigenvalue weighted by Gasteiger charge is -2.10. The Morgan fingerprint density at radius 3 is 2.81 bits per heavy atom. The van der Waals surface area contributed by atoms with Crippen LogP contribution in [0.25, 0.3) is 11.0 Å². The van der Waals surface area contributed by atoms with Gasteiger partial charge in [0.05, 0.1) is 23.1 Å². The summed E-state index contributed by atoms with van der Waals surface area (Å²) in [4.78, 5) is 15.9. The van der Waals surface area contributed by atoms with Gasteiger partial charge in [-0.15, -0.1) is 0 Å². The van der Waals surface area contributed by atoms with Crippen molar-refractivity contribution in [3.8, 4) is 0 Å². The minimum absolute atomic E-state index is 0.282. The van der Waals surface area contributed by atoms with Gasteiger partial charge in [-0.3, -0.25) is 0 Å². The lowest BCUT2D eigenvalue weighted by atomic mass is 10.2. The van der Waals surface area contributed by atoms with Crippen LogP contribution in [-0.4, -0.2) is 20.6 Å². The lowest BCUT2D eigenvalue weighted by Crippen LogP contribution is -2.06. The molecule has 108 valence electrons. The number of aromatic nitrogens is 2. The van der Waals surface area contributed by atoms with Crippen molar-refractivity contribution in [3.05, 3.63) is 52.0 Å². The first kappa shape index (κ1) is 13.8. The predicted octanol–water partition coefficient (Wildman–Crippen LogP) is 3.97. The number of fused-ring (bicyclic) bond motifs is 1. The molecule has 2 heterocycles. The summed E-state index contributed by atoms with van der Waals surface area (Å²) in [6.45, 7) is 4.92. The normalized spacial score (nSPS) is 11.4. The van der Waals surface area contributed by atoms with Crippen LogP contribution < -0.4 is 0 Å².